The molecule has 0 aliphatic carbocycles. The maximum atomic E-state index is 11.9. The van der Waals surface area contributed by atoms with Crippen LogP contribution in [-0.4, -0.2) is 39.4 Å². The Morgan fingerprint density at radius 2 is 2.15 bits per heavy atom. The van der Waals surface area contributed by atoms with Gasteiger partial charge in [0.05, 0.1) is 13.2 Å². The predicted octanol–water partition coefficient (Wildman–Crippen LogP) is 1.63. The second kappa shape index (κ2) is 7.38. The number of carbonyl (C=O) groups excluding carboxylic acids is 1. The van der Waals surface area contributed by atoms with Gasteiger partial charge in [-0.05, 0) is 26.0 Å². The number of amides is 1. The van der Waals surface area contributed by atoms with Crippen molar-refractivity contribution in [1.29, 1.82) is 0 Å². The van der Waals surface area contributed by atoms with E-state index in [4.69, 9.17) is 9.47 Å². The third-order valence-electron chi connectivity index (χ3n) is 3.28. The molecule has 1 aromatic carbocycles. The molecule has 0 saturated carbocycles. The number of hydrogen-bond donors (Lipinski definition) is 2. The van der Waals surface area contributed by atoms with Crippen LogP contribution in [0.4, 0.5) is 5.69 Å². The number of anilines is 1. The highest BCUT2D eigenvalue weighted by Crippen LogP contribution is 2.31. The summed E-state index contributed by atoms with van der Waals surface area (Å²) in [6.07, 6.45) is 0.870. The molecule has 1 aliphatic rings. The first kappa shape index (κ1) is 15.0. The van der Waals surface area contributed by atoms with Crippen molar-refractivity contribution in [3.63, 3.8) is 0 Å². The van der Waals surface area contributed by atoms with E-state index >= 15 is 0 Å². The topological polar surface area (TPSA) is 59.6 Å². The maximum absolute atomic E-state index is 11.9. The van der Waals surface area contributed by atoms with Crippen LogP contribution in [0, 0.1) is 6.92 Å². The quantitative estimate of drug-likeness (QED) is 0.710. The van der Waals surface area contributed by atoms with Crippen molar-refractivity contribution < 1.29 is 14.3 Å². The van der Waals surface area contributed by atoms with E-state index in [2.05, 4.69) is 16.7 Å². The first-order valence-corrected chi connectivity index (χ1v) is 6.94. The van der Waals surface area contributed by atoms with Crippen molar-refractivity contribution in [2.45, 2.75) is 19.4 Å². The highest BCUT2D eigenvalue weighted by molar-refractivity contribution is 6.02. The van der Waals surface area contributed by atoms with Gasteiger partial charge in [-0.25, -0.2) is 0 Å². The average Bonchev–Trinajstić information content (AvgIpc) is 2.73. The molecule has 20 heavy (non-hydrogen) atoms. The van der Waals surface area contributed by atoms with Gasteiger partial charge in [-0.2, -0.15) is 0 Å². The molecule has 1 aliphatic heterocycles. The molecular formula is C15H22N2O3. The number of ether oxygens (including phenoxy) is 2. The van der Waals surface area contributed by atoms with Crippen LogP contribution < -0.4 is 10.6 Å². The summed E-state index contributed by atoms with van der Waals surface area (Å²) >= 11 is 0. The number of hydrogen-bond acceptors (Lipinski definition) is 4. The fourth-order valence-corrected chi connectivity index (χ4v) is 2.25. The van der Waals surface area contributed by atoms with Crippen molar-refractivity contribution in [3.8, 4) is 0 Å². The molecule has 110 valence electrons. The molecule has 1 amide bonds. The molecule has 0 radical (unpaired) electrons. The van der Waals surface area contributed by atoms with Gasteiger partial charge in [-0.1, -0.05) is 17.7 Å². The Morgan fingerprint density at radius 3 is 2.95 bits per heavy atom. The van der Waals surface area contributed by atoms with Gasteiger partial charge in [0.2, 0.25) is 5.91 Å². The zero-order valence-electron chi connectivity index (χ0n) is 12.1. The predicted molar refractivity (Wildman–Crippen MR) is 77.9 cm³/mol. The SMILES string of the molecule is COCCOCCCNC1C(=O)Nc2ccc(C)cc21. The molecule has 0 bridgehead atoms. The summed E-state index contributed by atoms with van der Waals surface area (Å²) in [7, 11) is 1.66. The smallest absolute Gasteiger partial charge is 0.246 e. The Hall–Kier alpha value is -1.43. The third-order valence-corrected chi connectivity index (χ3v) is 3.28. The molecule has 5 nitrogen and oxygen atoms in total. The van der Waals surface area contributed by atoms with Crippen LogP contribution in [0.25, 0.3) is 0 Å². The lowest BCUT2D eigenvalue weighted by molar-refractivity contribution is -0.117. The molecule has 2 N–H and O–H groups in total. The zero-order chi connectivity index (χ0) is 14.4. The van der Waals surface area contributed by atoms with Crippen molar-refractivity contribution in [1.82, 2.24) is 5.32 Å². The molecule has 0 fully saturated rings. The second-order valence-electron chi connectivity index (χ2n) is 4.93. The van der Waals surface area contributed by atoms with Crippen molar-refractivity contribution in [2.75, 3.05) is 38.8 Å². The number of fused-ring (bicyclic) bond motifs is 1. The molecule has 1 unspecified atom stereocenters. The number of methoxy groups -OCH3 is 1. The van der Waals surface area contributed by atoms with E-state index in [1.807, 2.05) is 19.1 Å². The van der Waals surface area contributed by atoms with E-state index < -0.39 is 0 Å². The van der Waals surface area contributed by atoms with Crippen LogP contribution in [0.5, 0.6) is 0 Å². The molecule has 0 spiro atoms. The Morgan fingerprint density at radius 1 is 1.30 bits per heavy atom. The molecule has 5 heteroatoms. The molecule has 1 atom stereocenters. The summed E-state index contributed by atoms with van der Waals surface area (Å²) in [4.78, 5) is 11.9. The second-order valence-corrected chi connectivity index (χ2v) is 4.93. The van der Waals surface area contributed by atoms with Gasteiger partial charge >= 0.3 is 0 Å². The number of benzene rings is 1. The minimum absolute atomic E-state index is 0.0194. The number of nitrogens with one attached hydrogen (secondary N) is 2. The Labute approximate surface area is 119 Å². The lowest BCUT2D eigenvalue weighted by Gasteiger charge is -2.12. The highest BCUT2D eigenvalue weighted by Gasteiger charge is 2.29. The van der Waals surface area contributed by atoms with E-state index in [-0.39, 0.29) is 11.9 Å². The van der Waals surface area contributed by atoms with E-state index in [0.717, 1.165) is 29.8 Å². The molecule has 1 aromatic rings. The first-order chi connectivity index (χ1) is 9.72. The summed E-state index contributed by atoms with van der Waals surface area (Å²) in [6, 6.07) is 5.77. The minimum atomic E-state index is -0.246. The lowest BCUT2D eigenvalue weighted by atomic mass is 10.1. The van der Waals surface area contributed by atoms with Crippen LogP contribution in [0.2, 0.25) is 0 Å². The van der Waals surface area contributed by atoms with Crippen LogP contribution in [0.1, 0.15) is 23.6 Å². The largest absolute Gasteiger partial charge is 0.382 e. The summed E-state index contributed by atoms with van der Waals surface area (Å²) in [5, 5.41) is 6.18. The van der Waals surface area contributed by atoms with E-state index in [1.165, 1.54) is 0 Å². The van der Waals surface area contributed by atoms with E-state index in [9.17, 15) is 4.79 Å². The number of rotatable bonds is 8. The van der Waals surface area contributed by atoms with E-state index in [0.29, 0.717) is 19.8 Å². The summed E-state index contributed by atoms with van der Waals surface area (Å²) in [6.45, 7) is 4.68. The fourth-order valence-electron chi connectivity index (χ4n) is 2.25. The molecular weight excluding hydrogens is 256 g/mol. The van der Waals surface area contributed by atoms with Gasteiger partial charge in [0.15, 0.2) is 0 Å². The summed E-state index contributed by atoms with van der Waals surface area (Å²) in [5.41, 5.74) is 3.11. The summed E-state index contributed by atoms with van der Waals surface area (Å²) < 4.78 is 10.3. The van der Waals surface area contributed by atoms with Crippen LogP contribution in [0.3, 0.4) is 0 Å². The Bertz CT molecular complexity index is 462. The third kappa shape index (κ3) is 3.79. The minimum Gasteiger partial charge on any atom is -0.382 e. The van der Waals surface area contributed by atoms with Gasteiger partial charge in [0.25, 0.3) is 0 Å². The number of aryl methyl sites for hydroxylation is 1. The maximum Gasteiger partial charge on any atom is 0.246 e. The van der Waals surface area contributed by atoms with Crippen LogP contribution in [-0.2, 0) is 14.3 Å². The molecule has 2 rings (SSSR count). The zero-order valence-corrected chi connectivity index (χ0v) is 12.1. The number of carbonyl (C=O) groups is 1. The highest BCUT2D eigenvalue weighted by atomic mass is 16.5. The van der Waals surface area contributed by atoms with E-state index in [1.54, 1.807) is 7.11 Å². The van der Waals surface area contributed by atoms with Gasteiger partial charge in [-0.15, -0.1) is 0 Å². The molecule has 0 aromatic heterocycles. The van der Waals surface area contributed by atoms with Crippen molar-refractivity contribution in [2.24, 2.45) is 0 Å². The average molecular weight is 278 g/mol. The van der Waals surface area contributed by atoms with Gasteiger partial charge < -0.3 is 20.1 Å². The molecule has 1 heterocycles. The standard InChI is InChI=1S/C15H22N2O3/c1-11-4-5-13-12(10-11)14(15(18)17-13)16-6-3-7-20-9-8-19-2/h4-5,10,14,16H,3,6-9H2,1-2H3,(H,17,18). The van der Waals surface area contributed by atoms with Gasteiger partial charge in [0, 0.05) is 25.0 Å². The molecule has 0 saturated heterocycles. The van der Waals surface area contributed by atoms with Crippen molar-refractivity contribution in [3.05, 3.63) is 29.3 Å². The van der Waals surface area contributed by atoms with Gasteiger partial charge in [0.1, 0.15) is 6.04 Å². The monoisotopic (exact) mass is 278 g/mol. The van der Waals surface area contributed by atoms with Gasteiger partial charge in [-0.3, -0.25) is 4.79 Å². The van der Waals surface area contributed by atoms with Crippen LogP contribution >= 0.6 is 0 Å². The van der Waals surface area contributed by atoms with Crippen molar-refractivity contribution >= 4 is 11.6 Å². The normalized spacial score (nSPS) is 17.1. The Balaban J connectivity index is 1.76. The lowest BCUT2D eigenvalue weighted by Crippen LogP contribution is -2.29. The van der Waals surface area contributed by atoms with Crippen LogP contribution in [0.15, 0.2) is 18.2 Å². The Kier molecular flexibility index (Phi) is 5.52. The fraction of sp³-hybridized carbons (Fsp3) is 0.533. The first-order valence-electron chi connectivity index (χ1n) is 6.94. The summed E-state index contributed by atoms with van der Waals surface area (Å²) in [5.74, 6) is 0.0194.